The molecule has 0 unspecified atom stereocenters. The van der Waals surface area contributed by atoms with Gasteiger partial charge in [0, 0.05) is 6.20 Å². The highest BCUT2D eigenvalue weighted by molar-refractivity contribution is 6.61. The van der Waals surface area contributed by atoms with E-state index in [1.807, 2.05) is 40.7 Å². The zero-order valence-corrected chi connectivity index (χ0v) is 10.4. The summed E-state index contributed by atoms with van der Waals surface area (Å²) < 4.78 is 11.8. The van der Waals surface area contributed by atoms with Crippen molar-refractivity contribution in [2.24, 2.45) is 0 Å². The lowest BCUT2D eigenvalue weighted by atomic mass is 9.84. The number of rotatable bonds is 1. The molecule has 0 bridgehead atoms. The first-order valence-corrected chi connectivity index (χ1v) is 5.47. The number of hydrogen-bond donors (Lipinski definition) is 0. The topological polar surface area (TPSA) is 44.2 Å². The summed E-state index contributed by atoms with van der Waals surface area (Å²) in [6.07, 6.45) is 1.72. The molecule has 0 aliphatic carbocycles. The van der Waals surface area contributed by atoms with Crippen molar-refractivity contribution in [2.75, 3.05) is 0 Å². The van der Waals surface area contributed by atoms with Crippen LogP contribution in [0.1, 0.15) is 33.5 Å². The smallest absolute Gasteiger partial charge is 0.398 e. The fourth-order valence-corrected chi connectivity index (χ4v) is 1.57. The van der Waals surface area contributed by atoms with Crippen LogP contribution in [0.25, 0.3) is 0 Å². The van der Waals surface area contributed by atoms with Crippen LogP contribution in [-0.4, -0.2) is 28.3 Å². The third-order valence-electron chi connectivity index (χ3n) is 3.29. The van der Waals surface area contributed by atoms with Gasteiger partial charge < -0.3 is 9.31 Å². The van der Waals surface area contributed by atoms with Gasteiger partial charge in [0.2, 0.25) is 0 Å². The van der Waals surface area contributed by atoms with Crippen LogP contribution < -0.4 is 5.59 Å². The Morgan fingerprint density at radius 2 is 1.69 bits per heavy atom. The second-order valence-electron chi connectivity index (χ2n) is 5.12. The molecule has 1 aromatic heterocycles. The Balaban J connectivity index is 2.27. The molecule has 0 amide bonds. The van der Waals surface area contributed by atoms with Crippen molar-refractivity contribution in [2.45, 2.75) is 45.8 Å². The van der Waals surface area contributed by atoms with Crippen LogP contribution in [0.2, 0.25) is 0 Å². The number of aromatic nitrogens is 2. The second-order valence-corrected chi connectivity index (χ2v) is 5.12. The lowest BCUT2D eigenvalue weighted by molar-refractivity contribution is 0.00578. The Morgan fingerprint density at radius 3 is 2.19 bits per heavy atom. The molecule has 1 aromatic rings. The van der Waals surface area contributed by atoms with E-state index in [9.17, 15) is 0 Å². The Bertz CT molecular complexity index is 391. The fraction of sp³-hybridized carbons (Fsp3) is 0.636. The molecule has 16 heavy (non-hydrogen) atoms. The lowest BCUT2D eigenvalue weighted by Gasteiger charge is -2.32. The van der Waals surface area contributed by atoms with Gasteiger partial charge in [0.1, 0.15) is 5.82 Å². The van der Waals surface area contributed by atoms with Crippen LogP contribution in [-0.2, 0) is 9.31 Å². The van der Waals surface area contributed by atoms with E-state index >= 15 is 0 Å². The monoisotopic (exact) mass is 220 g/mol. The maximum absolute atomic E-state index is 5.89. The zero-order valence-electron chi connectivity index (χ0n) is 10.4. The average molecular weight is 220 g/mol. The highest BCUT2D eigenvalue weighted by atomic mass is 16.7. The largest absolute Gasteiger partial charge is 0.514 e. The summed E-state index contributed by atoms with van der Waals surface area (Å²) in [5, 5.41) is 0. The van der Waals surface area contributed by atoms with Gasteiger partial charge >= 0.3 is 7.12 Å². The van der Waals surface area contributed by atoms with Gasteiger partial charge in [0.15, 0.2) is 0 Å². The maximum Gasteiger partial charge on any atom is 0.514 e. The molecule has 1 fully saturated rings. The third kappa shape index (κ3) is 1.85. The summed E-state index contributed by atoms with van der Waals surface area (Å²) in [5.41, 5.74) is 0.138. The molecule has 0 radical (unpaired) electrons. The van der Waals surface area contributed by atoms with E-state index in [0.717, 1.165) is 11.4 Å². The van der Waals surface area contributed by atoms with Gasteiger partial charge in [0.05, 0.1) is 16.8 Å². The first kappa shape index (κ1) is 11.5. The third-order valence-corrected chi connectivity index (χ3v) is 3.29. The molecule has 0 atom stereocenters. The molecule has 0 aromatic carbocycles. The summed E-state index contributed by atoms with van der Waals surface area (Å²) in [5.74, 6) is 0.729. The SMILES string of the molecule is Cc1nccc(B2OC(C)(C)C(C)(C)O2)n1. The minimum absolute atomic E-state index is 0.323. The van der Waals surface area contributed by atoms with Gasteiger partial charge in [-0.05, 0) is 40.7 Å². The Kier molecular flexibility index (Phi) is 2.55. The molecule has 0 spiro atoms. The molecule has 1 aliphatic heterocycles. The molecule has 1 saturated heterocycles. The van der Waals surface area contributed by atoms with Crippen molar-refractivity contribution in [3.05, 3.63) is 18.1 Å². The van der Waals surface area contributed by atoms with Gasteiger partial charge in [-0.15, -0.1) is 0 Å². The first-order valence-electron chi connectivity index (χ1n) is 5.47. The molecular formula is C11H17BN2O2. The zero-order chi connectivity index (χ0) is 12.0. The van der Waals surface area contributed by atoms with Crippen molar-refractivity contribution in [1.82, 2.24) is 9.97 Å². The van der Waals surface area contributed by atoms with Gasteiger partial charge in [-0.1, -0.05) is 0 Å². The van der Waals surface area contributed by atoms with Crippen molar-refractivity contribution in [3.8, 4) is 0 Å². The second kappa shape index (κ2) is 3.53. The summed E-state index contributed by atoms with van der Waals surface area (Å²) >= 11 is 0. The highest BCUT2D eigenvalue weighted by Crippen LogP contribution is 2.36. The summed E-state index contributed by atoms with van der Waals surface area (Å²) in [6, 6.07) is 1.83. The van der Waals surface area contributed by atoms with Crippen LogP contribution in [0, 0.1) is 6.92 Å². The normalized spacial score (nSPS) is 22.4. The predicted octanol–water partition coefficient (Wildman–Crippen LogP) is 1.08. The minimum atomic E-state index is -0.397. The quantitative estimate of drug-likeness (QED) is 0.664. The molecule has 2 rings (SSSR count). The van der Waals surface area contributed by atoms with Gasteiger partial charge in [-0.25, -0.2) is 9.97 Å². The van der Waals surface area contributed by atoms with Crippen molar-refractivity contribution in [1.29, 1.82) is 0 Å². The maximum atomic E-state index is 5.89. The average Bonchev–Trinajstić information content (AvgIpc) is 2.36. The van der Waals surface area contributed by atoms with E-state index in [1.54, 1.807) is 6.20 Å². The van der Waals surface area contributed by atoms with E-state index in [4.69, 9.17) is 9.31 Å². The fourth-order valence-electron chi connectivity index (χ4n) is 1.57. The molecule has 5 heteroatoms. The van der Waals surface area contributed by atoms with Gasteiger partial charge in [-0.3, -0.25) is 0 Å². The Morgan fingerprint density at radius 1 is 1.12 bits per heavy atom. The number of hydrogen-bond acceptors (Lipinski definition) is 4. The molecule has 2 heterocycles. The lowest BCUT2D eigenvalue weighted by Crippen LogP contribution is -2.41. The van der Waals surface area contributed by atoms with Crippen molar-refractivity contribution < 1.29 is 9.31 Å². The van der Waals surface area contributed by atoms with Crippen molar-refractivity contribution in [3.63, 3.8) is 0 Å². The van der Waals surface area contributed by atoms with E-state index in [1.165, 1.54) is 0 Å². The summed E-state index contributed by atoms with van der Waals surface area (Å²) in [4.78, 5) is 8.39. The van der Waals surface area contributed by atoms with Crippen molar-refractivity contribution >= 4 is 12.7 Å². The van der Waals surface area contributed by atoms with Crippen LogP contribution in [0.3, 0.4) is 0 Å². The molecule has 4 nitrogen and oxygen atoms in total. The van der Waals surface area contributed by atoms with E-state index in [0.29, 0.717) is 0 Å². The Labute approximate surface area is 96.5 Å². The van der Waals surface area contributed by atoms with Crippen LogP contribution in [0.15, 0.2) is 12.3 Å². The molecule has 1 aliphatic rings. The number of nitrogens with zero attached hydrogens (tertiary/aromatic N) is 2. The first-order chi connectivity index (χ1) is 7.32. The molecular weight excluding hydrogens is 203 g/mol. The minimum Gasteiger partial charge on any atom is -0.398 e. The van der Waals surface area contributed by atoms with Crippen LogP contribution in [0.5, 0.6) is 0 Å². The molecule has 86 valence electrons. The summed E-state index contributed by atoms with van der Waals surface area (Å²) in [7, 11) is -0.397. The Hall–Kier alpha value is -0.935. The predicted molar refractivity (Wildman–Crippen MR) is 62.5 cm³/mol. The van der Waals surface area contributed by atoms with Crippen LogP contribution in [0.4, 0.5) is 0 Å². The summed E-state index contributed by atoms with van der Waals surface area (Å²) in [6.45, 7) is 9.97. The van der Waals surface area contributed by atoms with Crippen LogP contribution >= 0.6 is 0 Å². The molecule has 0 saturated carbocycles. The van der Waals surface area contributed by atoms with E-state index in [2.05, 4.69) is 9.97 Å². The van der Waals surface area contributed by atoms with Gasteiger partial charge in [-0.2, -0.15) is 0 Å². The highest BCUT2D eigenvalue weighted by Gasteiger charge is 2.52. The van der Waals surface area contributed by atoms with E-state index in [-0.39, 0.29) is 11.2 Å². The molecule has 0 N–H and O–H groups in total. The standard InChI is InChI=1S/C11H17BN2O2/c1-8-13-7-6-9(14-8)12-15-10(2,3)11(4,5)16-12/h6-7H,1-5H3. The number of aryl methyl sites for hydroxylation is 1. The van der Waals surface area contributed by atoms with E-state index < -0.39 is 7.12 Å². The van der Waals surface area contributed by atoms with Gasteiger partial charge in [0.25, 0.3) is 0 Å².